The van der Waals surface area contributed by atoms with Crippen molar-refractivity contribution in [1.82, 2.24) is 0 Å². The molecular formula is C23H22N2O4. The molecule has 0 aliphatic carbocycles. The fourth-order valence-corrected chi connectivity index (χ4v) is 2.80. The van der Waals surface area contributed by atoms with Crippen LogP contribution >= 0.6 is 0 Å². The van der Waals surface area contributed by atoms with E-state index in [0.29, 0.717) is 39.6 Å². The number of nitrogen functional groups attached to an aromatic ring is 2. The van der Waals surface area contributed by atoms with Gasteiger partial charge in [-0.3, -0.25) is 0 Å². The minimum atomic E-state index is -0.506. The molecule has 0 spiro atoms. The van der Waals surface area contributed by atoms with E-state index < -0.39 is 11.9 Å². The zero-order valence-electron chi connectivity index (χ0n) is 16.5. The minimum absolute atomic E-state index is 0.349. The van der Waals surface area contributed by atoms with Gasteiger partial charge in [-0.25, -0.2) is 9.59 Å². The first kappa shape index (κ1) is 19.9. The third-order valence-corrected chi connectivity index (χ3v) is 4.52. The monoisotopic (exact) mass is 390 g/mol. The van der Waals surface area contributed by atoms with Crippen LogP contribution in [0.25, 0.3) is 0 Å². The van der Waals surface area contributed by atoms with Gasteiger partial charge in [-0.05, 0) is 92.1 Å². The molecule has 148 valence electrons. The van der Waals surface area contributed by atoms with Crippen molar-refractivity contribution in [3.63, 3.8) is 0 Å². The maximum Gasteiger partial charge on any atom is 0.343 e. The van der Waals surface area contributed by atoms with Crippen molar-refractivity contribution < 1.29 is 19.1 Å². The van der Waals surface area contributed by atoms with E-state index in [2.05, 4.69) is 0 Å². The van der Waals surface area contributed by atoms with Crippen molar-refractivity contribution in [2.75, 3.05) is 11.5 Å². The van der Waals surface area contributed by atoms with Gasteiger partial charge in [-0.2, -0.15) is 0 Å². The van der Waals surface area contributed by atoms with Crippen LogP contribution in [0, 0.1) is 20.8 Å². The molecule has 0 fully saturated rings. The smallest absolute Gasteiger partial charge is 0.343 e. The first-order valence-corrected chi connectivity index (χ1v) is 9.02. The second kappa shape index (κ2) is 8.06. The number of esters is 2. The third kappa shape index (κ3) is 4.55. The van der Waals surface area contributed by atoms with E-state index in [1.54, 1.807) is 61.5 Å². The van der Waals surface area contributed by atoms with E-state index in [1.165, 1.54) is 0 Å². The Balaban J connectivity index is 1.74. The van der Waals surface area contributed by atoms with E-state index >= 15 is 0 Å². The van der Waals surface area contributed by atoms with E-state index in [-0.39, 0.29) is 0 Å². The summed E-state index contributed by atoms with van der Waals surface area (Å²) in [6, 6.07) is 14.7. The molecule has 3 aromatic carbocycles. The third-order valence-electron chi connectivity index (χ3n) is 4.52. The van der Waals surface area contributed by atoms with Crippen molar-refractivity contribution in [3.05, 3.63) is 82.4 Å². The lowest BCUT2D eigenvalue weighted by Gasteiger charge is -2.11. The van der Waals surface area contributed by atoms with E-state index in [1.807, 2.05) is 13.8 Å². The molecule has 0 radical (unpaired) electrons. The Kier molecular flexibility index (Phi) is 5.54. The summed E-state index contributed by atoms with van der Waals surface area (Å²) < 4.78 is 10.9. The maximum absolute atomic E-state index is 12.5. The van der Waals surface area contributed by atoms with Crippen LogP contribution in [0.15, 0.2) is 54.6 Å². The first-order valence-electron chi connectivity index (χ1n) is 9.02. The highest BCUT2D eigenvalue weighted by Gasteiger charge is 2.15. The van der Waals surface area contributed by atoms with Crippen molar-refractivity contribution in [1.29, 1.82) is 0 Å². The van der Waals surface area contributed by atoms with Crippen molar-refractivity contribution in [3.8, 4) is 11.5 Å². The van der Waals surface area contributed by atoms with Crippen LogP contribution in [0.2, 0.25) is 0 Å². The molecule has 0 saturated carbocycles. The Morgan fingerprint density at radius 3 is 1.66 bits per heavy atom. The Bertz CT molecular complexity index is 1110. The van der Waals surface area contributed by atoms with Crippen molar-refractivity contribution in [2.45, 2.75) is 20.8 Å². The molecule has 0 heterocycles. The van der Waals surface area contributed by atoms with Gasteiger partial charge in [0.1, 0.15) is 11.5 Å². The zero-order chi connectivity index (χ0) is 21.1. The molecule has 0 amide bonds. The molecule has 0 saturated heterocycles. The first-order chi connectivity index (χ1) is 13.7. The number of nitrogens with two attached hydrogens (primary N) is 2. The number of rotatable bonds is 4. The predicted molar refractivity (Wildman–Crippen MR) is 112 cm³/mol. The minimum Gasteiger partial charge on any atom is -0.423 e. The molecule has 6 heteroatoms. The number of ether oxygens (including phenoxy) is 2. The van der Waals surface area contributed by atoms with Crippen molar-refractivity contribution in [2.24, 2.45) is 0 Å². The van der Waals surface area contributed by atoms with Gasteiger partial charge in [-0.1, -0.05) is 0 Å². The molecule has 0 aliphatic heterocycles. The average molecular weight is 390 g/mol. The maximum atomic E-state index is 12.5. The molecule has 29 heavy (non-hydrogen) atoms. The highest BCUT2D eigenvalue weighted by atomic mass is 16.5. The number of anilines is 2. The lowest BCUT2D eigenvalue weighted by Crippen LogP contribution is -2.12. The zero-order valence-corrected chi connectivity index (χ0v) is 16.5. The SMILES string of the molecule is Cc1cc(C(=O)Oc2ccc(C(=O)Oc3ccc(N)cc3C)cc2C)ccc1N. The fourth-order valence-electron chi connectivity index (χ4n) is 2.80. The molecule has 0 aliphatic rings. The van der Waals surface area contributed by atoms with Gasteiger partial charge in [0.2, 0.25) is 0 Å². The summed E-state index contributed by atoms with van der Waals surface area (Å²) in [6.45, 7) is 5.38. The fraction of sp³-hybridized carbons (Fsp3) is 0.130. The predicted octanol–water partition coefficient (Wildman–Crippen LogP) is 4.21. The van der Waals surface area contributed by atoms with Gasteiger partial charge < -0.3 is 20.9 Å². The number of hydrogen-bond acceptors (Lipinski definition) is 6. The van der Waals surface area contributed by atoms with Gasteiger partial charge in [0.15, 0.2) is 0 Å². The highest BCUT2D eigenvalue weighted by Crippen LogP contribution is 2.24. The van der Waals surface area contributed by atoms with Crippen LogP contribution in [0.5, 0.6) is 11.5 Å². The summed E-state index contributed by atoms with van der Waals surface area (Å²) in [5.74, 6) is -0.196. The van der Waals surface area contributed by atoms with Gasteiger partial charge in [0, 0.05) is 11.4 Å². The van der Waals surface area contributed by atoms with E-state index in [4.69, 9.17) is 20.9 Å². The second-order valence-corrected chi connectivity index (χ2v) is 6.86. The molecule has 6 nitrogen and oxygen atoms in total. The lowest BCUT2D eigenvalue weighted by molar-refractivity contribution is 0.0729. The van der Waals surface area contributed by atoms with Crippen LogP contribution in [0.4, 0.5) is 11.4 Å². The van der Waals surface area contributed by atoms with E-state index in [0.717, 1.165) is 11.1 Å². The number of aryl methyl sites for hydroxylation is 3. The normalized spacial score (nSPS) is 10.4. The number of hydrogen-bond donors (Lipinski definition) is 2. The van der Waals surface area contributed by atoms with Crippen LogP contribution in [-0.4, -0.2) is 11.9 Å². The van der Waals surface area contributed by atoms with Crippen molar-refractivity contribution >= 4 is 23.3 Å². The molecular weight excluding hydrogens is 368 g/mol. The second-order valence-electron chi connectivity index (χ2n) is 6.86. The number of carbonyl (C=O) groups is 2. The average Bonchev–Trinajstić information content (AvgIpc) is 2.67. The molecule has 3 rings (SSSR count). The topological polar surface area (TPSA) is 105 Å². The lowest BCUT2D eigenvalue weighted by atomic mass is 10.1. The van der Waals surface area contributed by atoms with Gasteiger partial charge in [-0.15, -0.1) is 0 Å². The van der Waals surface area contributed by atoms with Crippen LogP contribution < -0.4 is 20.9 Å². The largest absolute Gasteiger partial charge is 0.423 e. The summed E-state index contributed by atoms with van der Waals surface area (Å²) in [7, 11) is 0. The molecule has 0 atom stereocenters. The Morgan fingerprint density at radius 1 is 0.655 bits per heavy atom. The molecule has 0 aromatic heterocycles. The summed E-state index contributed by atoms with van der Waals surface area (Å²) in [6.07, 6.45) is 0. The molecule has 0 bridgehead atoms. The Labute approximate surface area is 169 Å². The number of benzene rings is 3. The standard InChI is InChI=1S/C23H22N2O4/c1-13-10-16(4-7-19(13)25)22(26)28-20-8-5-17(11-14(20)2)23(27)29-21-9-6-18(24)12-15(21)3/h4-12H,24-25H2,1-3H3. The van der Waals surface area contributed by atoms with Crippen LogP contribution in [-0.2, 0) is 0 Å². The Hall–Kier alpha value is -3.80. The van der Waals surface area contributed by atoms with Gasteiger partial charge >= 0.3 is 11.9 Å². The van der Waals surface area contributed by atoms with Gasteiger partial charge in [0.25, 0.3) is 0 Å². The summed E-state index contributed by atoms with van der Waals surface area (Å²) >= 11 is 0. The summed E-state index contributed by atoms with van der Waals surface area (Å²) in [5, 5.41) is 0. The molecule has 4 N–H and O–H groups in total. The molecule has 0 unspecified atom stereocenters. The number of carbonyl (C=O) groups excluding carboxylic acids is 2. The highest BCUT2D eigenvalue weighted by molar-refractivity contribution is 5.93. The van der Waals surface area contributed by atoms with E-state index in [9.17, 15) is 9.59 Å². The van der Waals surface area contributed by atoms with Gasteiger partial charge in [0.05, 0.1) is 11.1 Å². The summed E-state index contributed by atoms with van der Waals surface area (Å²) in [4.78, 5) is 24.8. The van der Waals surface area contributed by atoms with Crippen LogP contribution in [0.3, 0.4) is 0 Å². The quantitative estimate of drug-likeness (QED) is 0.393. The summed E-state index contributed by atoms with van der Waals surface area (Å²) in [5.41, 5.74) is 15.6. The Morgan fingerprint density at radius 2 is 1.14 bits per heavy atom. The molecule has 3 aromatic rings. The van der Waals surface area contributed by atoms with Crippen LogP contribution in [0.1, 0.15) is 37.4 Å².